The number of halogens is 1. The third-order valence-corrected chi connectivity index (χ3v) is 3.02. The molecule has 1 atom stereocenters. The maximum absolute atomic E-state index is 11.6. The van der Waals surface area contributed by atoms with Crippen molar-refractivity contribution in [3.05, 3.63) is 28.2 Å². The number of benzene rings is 1. The molecule has 1 aromatic rings. The van der Waals surface area contributed by atoms with Gasteiger partial charge in [0.25, 0.3) is 0 Å². The van der Waals surface area contributed by atoms with Crippen molar-refractivity contribution >= 4 is 27.5 Å². The molecule has 1 rings (SSSR count). The first-order valence-corrected chi connectivity index (χ1v) is 6.58. The molecule has 0 saturated heterocycles. The van der Waals surface area contributed by atoms with E-state index < -0.39 is 0 Å². The minimum absolute atomic E-state index is 0.0243. The number of anilines is 1. The molecule has 19 heavy (non-hydrogen) atoms. The molecule has 0 saturated carbocycles. The molecule has 0 bridgehead atoms. The largest absolute Gasteiger partial charge is 0.383 e. The summed E-state index contributed by atoms with van der Waals surface area (Å²) >= 11 is 3.35. The van der Waals surface area contributed by atoms with Crippen LogP contribution in [-0.4, -0.2) is 32.2 Å². The summed E-state index contributed by atoms with van der Waals surface area (Å²) in [5.74, 6) is -0.110. The first-order valence-electron chi connectivity index (χ1n) is 5.78. The highest BCUT2D eigenvalue weighted by atomic mass is 79.9. The van der Waals surface area contributed by atoms with Crippen LogP contribution in [0.15, 0.2) is 22.7 Å². The van der Waals surface area contributed by atoms with Gasteiger partial charge in [-0.15, -0.1) is 0 Å². The molecule has 6 heteroatoms. The summed E-state index contributed by atoms with van der Waals surface area (Å²) in [5.41, 5.74) is 1.34. The molecule has 1 amide bonds. The molecule has 2 N–H and O–H groups in total. The molecule has 0 aromatic heterocycles. The van der Waals surface area contributed by atoms with Crippen molar-refractivity contribution in [2.75, 3.05) is 25.6 Å². The molecule has 0 spiro atoms. The maximum Gasteiger partial charge on any atom is 0.239 e. The van der Waals surface area contributed by atoms with E-state index in [4.69, 9.17) is 10.00 Å². The van der Waals surface area contributed by atoms with E-state index in [0.29, 0.717) is 12.2 Å². The van der Waals surface area contributed by atoms with Gasteiger partial charge in [-0.1, -0.05) is 0 Å². The van der Waals surface area contributed by atoms with E-state index in [-0.39, 0.29) is 18.5 Å². The Morgan fingerprint density at radius 1 is 1.58 bits per heavy atom. The molecule has 0 aliphatic rings. The lowest BCUT2D eigenvalue weighted by Gasteiger charge is -2.14. The second-order valence-electron chi connectivity index (χ2n) is 4.08. The zero-order valence-corrected chi connectivity index (χ0v) is 12.5. The zero-order valence-electron chi connectivity index (χ0n) is 10.9. The lowest BCUT2D eigenvalue weighted by atomic mass is 10.2. The standard InChI is InChI=1S/C13H16BrN3O2/c1-9(8-19-2)17-13(18)7-16-12-4-3-10(6-15)5-11(12)14/h3-5,9,16H,7-8H2,1-2H3,(H,17,18). The van der Waals surface area contributed by atoms with Crippen LogP contribution in [0.25, 0.3) is 0 Å². The zero-order chi connectivity index (χ0) is 14.3. The molecule has 1 unspecified atom stereocenters. The molecule has 0 heterocycles. The molecule has 1 aromatic carbocycles. The fraction of sp³-hybridized carbons (Fsp3) is 0.385. The number of nitriles is 1. The van der Waals surface area contributed by atoms with E-state index in [9.17, 15) is 4.79 Å². The van der Waals surface area contributed by atoms with Crippen LogP contribution >= 0.6 is 15.9 Å². The Morgan fingerprint density at radius 3 is 2.89 bits per heavy atom. The fourth-order valence-electron chi connectivity index (χ4n) is 1.52. The molecule has 0 aliphatic carbocycles. The topological polar surface area (TPSA) is 74.2 Å². The monoisotopic (exact) mass is 325 g/mol. The van der Waals surface area contributed by atoms with Gasteiger partial charge in [-0.2, -0.15) is 5.26 Å². The average molecular weight is 326 g/mol. The van der Waals surface area contributed by atoms with Crippen molar-refractivity contribution in [3.63, 3.8) is 0 Å². The fourth-order valence-corrected chi connectivity index (χ4v) is 2.04. The number of ether oxygens (including phenoxy) is 1. The van der Waals surface area contributed by atoms with Gasteiger partial charge in [0.05, 0.1) is 24.8 Å². The van der Waals surface area contributed by atoms with E-state index in [1.54, 1.807) is 25.3 Å². The third kappa shape index (κ3) is 5.28. The van der Waals surface area contributed by atoms with Crippen LogP contribution in [0.3, 0.4) is 0 Å². The molecular formula is C13H16BrN3O2. The quantitative estimate of drug-likeness (QED) is 0.837. The summed E-state index contributed by atoms with van der Waals surface area (Å²) in [6.45, 7) is 2.52. The summed E-state index contributed by atoms with van der Waals surface area (Å²) < 4.78 is 5.69. The van der Waals surface area contributed by atoms with Crippen molar-refractivity contribution in [1.82, 2.24) is 5.32 Å². The van der Waals surface area contributed by atoms with E-state index in [0.717, 1.165) is 10.2 Å². The molecule has 0 radical (unpaired) electrons. The normalized spacial score (nSPS) is 11.5. The van der Waals surface area contributed by atoms with Gasteiger partial charge in [-0.05, 0) is 41.1 Å². The lowest BCUT2D eigenvalue weighted by molar-refractivity contribution is -0.120. The SMILES string of the molecule is COCC(C)NC(=O)CNc1ccc(C#N)cc1Br. The number of hydrogen-bond acceptors (Lipinski definition) is 4. The Morgan fingerprint density at radius 2 is 2.32 bits per heavy atom. The third-order valence-electron chi connectivity index (χ3n) is 2.36. The van der Waals surface area contributed by atoms with Crippen molar-refractivity contribution in [2.45, 2.75) is 13.0 Å². The molecular weight excluding hydrogens is 310 g/mol. The highest BCUT2D eigenvalue weighted by molar-refractivity contribution is 9.10. The Balaban J connectivity index is 2.49. The van der Waals surface area contributed by atoms with Gasteiger partial charge in [0, 0.05) is 23.3 Å². The van der Waals surface area contributed by atoms with Crippen LogP contribution in [0.4, 0.5) is 5.69 Å². The number of amides is 1. The number of methoxy groups -OCH3 is 1. The van der Waals surface area contributed by atoms with Crippen molar-refractivity contribution < 1.29 is 9.53 Å². The van der Waals surface area contributed by atoms with Crippen molar-refractivity contribution in [2.24, 2.45) is 0 Å². The van der Waals surface area contributed by atoms with Crippen LogP contribution in [0.5, 0.6) is 0 Å². The van der Waals surface area contributed by atoms with Gasteiger partial charge >= 0.3 is 0 Å². The molecule has 5 nitrogen and oxygen atoms in total. The number of hydrogen-bond donors (Lipinski definition) is 2. The Labute approximate surface area is 121 Å². The van der Waals surface area contributed by atoms with Crippen LogP contribution in [-0.2, 0) is 9.53 Å². The summed E-state index contributed by atoms with van der Waals surface area (Å²) in [5, 5.41) is 14.6. The maximum atomic E-state index is 11.6. The van der Waals surface area contributed by atoms with Gasteiger partial charge in [0.15, 0.2) is 0 Å². The number of nitrogens with one attached hydrogen (secondary N) is 2. The van der Waals surface area contributed by atoms with Crippen LogP contribution < -0.4 is 10.6 Å². The number of rotatable bonds is 6. The Kier molecular flexibility index (Phi) is 6.33. The summed E-state index contributed by atoms with van der Waals surface area (Å²) in [4.78, 5) is 11.6. The Bertz CT molecular complexity index is 485. The Hall–Kier alpha value is -1.58. The second-order valence-corrected chi connectivity index (χ2v) is 4.94. The highest BCUT2D eigenvalue weighted by Gasteiger charge is 2.08. The first-order chi connectivity index (χ1) is 9.06. The van der Waals surface area contributed by atoms with E-state index in [1.165, 1.54) is 0 Å². The summed E-state index contributed by atoms with van der Waals surface area (Å²) in [6, 6.07) is 7.18. The first kappa shape index (κ1) is 15.5. The van der Waals surface area contributed by atoms with Crippen LogP contribution in [0.1, 0.15) is 12.5 Å². The minimum atomic E-state index is -0.110. The van der Waals surface area contributed by atoms with E-state index >= 15 is 0 Å². The average Bonchev–Trinajstić information content (AvgIpc) is 2.37. The summed E-state index contributed by atoms with van der Waals surface area (Å²) in [7, 11) is 1.59. The number of carbonyl (C=O) groups excluding carboxylic acids is 1. The lowest BCUT2D eigenvalue weighted by Crippen LogP contribution is -2.39. The van der Waals surface area contributed by atoms with Gasteiger partial charge in [-0.3, -0.25) is 4.79 Å². The number of carbonyl (C=O) groups is 1. The number of nitrogens with zero attached hydrogens (tertiary/aromatic N) is 1. The van der Waals surface area contributed by atoms with E-state index in [2.05, 4.69) is 26.6 Å². The van der Waals surface area contributed by atoms with Crippen molar-refractivity contribution in [3.8, 4) is 6.07 Å². The molecule has 0 fully saturated rings. The highest BCUT2D eigenvalue weighted by Crippen LogP contribution is 2.22. The second kappa shape index (κ2) is 7.77. The van der Waals surface area contributed by atoms with E-state index in [1.807, 2.05) is 13.0 Å². The van der Waals surface area contributed by atoms with Gasteiger partial charge in [-0.25, -0.2) is 0 Å². The van der Waals surface area contributed by atoms with Gasteiger partial charge < -0.3 is 15.4 Å². The van der Waals surface area contributed by atoms with Gasteiger partial charge in [0.1, 0.15) is 0 Å². The van der Waals surface area contributed by atoms with Gasteiger partial charge in [0.2, 0.25) is 5.91 Å². The summed E-state index contributed by atoms with van der Waals surface area (Å²) in [6.07, 6.45) is 0. The molecule has 102 valence electrons. The van der Waals surface area contributed by atoms with Crippen LogP contribution in [0, 0.1) is 11.3 Å². The van der Waals surface area contributed by atoms with Crippen LogP contribution in [0.2, 0.25) is 0 Å². The van der Waals surface area contributed by atoms with Crippen molar-refractivity contribution in [1.29, 1.82) is 5.26 Å². The smallest absolute Gasteiger partial charge is 0.239 e. The molecule has 0 aliphatic heterocycles. The predicted molar refractivity (Wildman–Crippen MR) is 76.8 cm³/mol. The minimum Gasteiger partial charge on any atom is -0.383 e. The predicted octanol–water partition coefficient (Wildman–Crippen LogP) is 1.88.